The van der Waals surface area contributed by atoms with Gasteiger partial charge < -0.3 is 4.74 Å². The molecule has 17 heavy (non-hydrogen) atoms. The van der Waals surface area contributed by atoms with Gasteiger partial charge in [-0.15, -0.1) is 0 Å². The molecular formula is C15H22O2. The molecular weight excluding hydrogens is 212 g/mol. The van der Waals surface area contributed by atoms with Crippen molar-refractivity contribution in [2.24, 2.45) is 22.7 Å². The van der Waals surface area contributed by atoms with Crippen LogP contribution in [0.2, 0.25) is 0 Å². The number of ether oxygens (including phenoxy) is 1. The lowest BCUT2D eigenvalue weighted by Gasteiger charge is -2.39. The largest absolute Gasteiger partial charge is 0.465 e. The molecule has 2 fully saturated rings. The third-order valence-electron chi connectivity index (χ3n) is 5.76. The van der Waals surface area contributed by atoms with Crippen molar-refractivity contribution in [3.05, 3.63) is 11.6 Å². The molecule has 0 aromatic carbocycles. The minimum Gasteiger partial charge on any atom is -0.465 e. The minimum atomic E-state index is -0.191. The predicted octanol–water partition coefficient (Wildman–Crippen LogP) is 3.32. The summed E-state index contributed by atoms with van der Waals surface area (Å²) in [6.07, 6.45) is 6.82. The zero-order valence-electron chi connectivity index (χ0n) is 11.1. The highest BCUT2D eigenvalue weighted by Crippen LogP contribution is 2.65. The molecule has 3 atom stereocenters. The van der Waals surface area contributed by atoms with Crippen molar-refractivity contribution in [2.45, 2.75) is 46.5 Å². The van der Waals surface area contributed by atoms with Gasteiger partial charge in [0.2, 0.25) is 0 Å². The number of esters is 1. The topological polar surface area (TPSA) is 26.3 Å². The molecule has 3 rings (SSSR count). The first-order valence-electron chi connectivity index (χ1n) is 6.82. The predicted molar refractivity (Wildman–Crippen MR) is 66.4 cm³/mol. The van der Waals surface area contributed by atoms with Gasteiger partial charge in [0.05, 0.1) is 12.0 Å². The summed E-state index contributed by atoms with van der Waals surface area (Å²) in [5.74, 6) is 1.34. The number of hydrogen-bond donors (Lipinski definition) is 0. The van der Waals surface area contributed by atoms with E-state index >= 15 is 0 Å². The van der Waals surface area contributed by atoms with Crippen molar-refractivity contribution in [1.82, 2.24) is 0 Å². The molecule has 0 bridgehead atoms. The molecule has 0 aromatic heterocycles. The van der Waals surface area contributed by atoms with E-state index in [1.54, 1.807) is 0 Å². The fraction of sp³-hybridized carbons (Fsp3) is 0.800. The molecule has 2 heteroatoms. The summed E-state index contributed by atoms with van der Waals surface area (Å²) in [5.41, 5.74) is 1.41. The van der Waals surface area contributed by atoms with E-state index in [1.807, 2.05) is 0 Å². The Morgan fingerprint density at radius 3 is 2.82 bits per heavy atom. The number of fused-ring (bicyclic) bond motifs is 1. The number of carbonyl (C=O) groups is 1. The quantitative estimate of drug-likeness (QED) is 0.475. The van der Waals surface area contributed by atoms with Gasteiger partial charge in [0.1, 0.15) is 0 Å². The number of allylic oxidation sites excluding steroid dienone is 2. The van der Waals surface area contributed by atoms with Crippen LogP contribution in [0.1, 0.15) is 46.5 Å². The maximum Gasteiger partial charge on any atom is 0.312 e. The first-order valence-corrected chi connectivity index (χ1v) is 6.82. The van der Waals surface area contributed by atoms with Crippen molar-refractivity contribution in [2.75, 3.05) is 6.61 Å². The van der Waals surface area contributed by atoms with Crippen LogP contribution < -0.4 is 0 Å². The van der Waals surface area contributed by atoms with Gasteiger partial charge in [-0.2, -0.15) is 0 Å². The average Bonchev–Trinajstić information content (AvgIpc) is 2.70. The second-order valence-corrected chi connectivity index (χ2v) is 6.72. The number of hydrogen-bond acceptors (Lipinski definition) is 2. The molecule has 0 unspecified atom stereocenters. The molecule has 1 spiro atoms. The molecule has 1 saturated heterocycles. The highest BCUT2D eigenvalue weighted by molar-refractivity contribution is 5.80. The van der Waals surface area contributed by atoms with Gasteiger partial charge in [0.25, 0.3) is 0 Å². The second-order valence-electron chi connectivity index (χ2n) is 6.72. The summed E-state index contributed by atoms with van der Waals surface area (Å²) in [6.45, 7) is 7.43. The van der Waals surface area contributed by atoms with E-state index in [1.165, 1.54) is 18.4 Å². The Labute approximate surface area is 103 Å². The van der Waals surface area contributed by atoms with Crippen molar-refractivity contribution in [3.63, 3.8) is 0 Å². The molecule has 0 N–H and O–H groups in total. The van der Waals surface area contributed by atoms with Crippen molar-refractivity contribution >= 4 is 5.97 Å². The molecule has 2 nitrogen and oxygen atoms in total. The zero-order valence-corrected chi connectivity index (χ0v) is 11.1. The van der Waals surface area contributed by atoms with Crippen molar-refractivity contribution in [3.8, 4) is 0 Å². The first kappa shape index (κ1) is 11.3. The molecule has 1 saturated carbocycles. The first-order chi connectivity index (χ1) is 7.97. The Morgan fingerprint density at radius 1 is 1.41 bits per heavy atom. The lowest BCUT2D eigenvalue weighted by molar-refractivity contribution is -0.151. The Bertz CT molecular complexity index is 394. The number of rotatable bonds is 0. The van der Waals surface area contributed by atoms with E-state index in [4.69, 9.17) is 4.74 Å². The summed E-state index contributed by atoms with van der Waals surface area (Å²) < 4.78 is 5.30. The summed E-state index contributed by atoms with van der Waals surface area (Å²) >= 11 is 0. The third-order valence-corrected chi connectivity index (χ3v) is 5.76. The molecule has 94 valence electrons. The van der Waals surface area contributed by atoms with E-state index in [9.17, 15) is 4.79 Å². The molecule has 0 radical (unpaired) electrons. The van der Waals surface area contributed by atoms with Gasteiger partial charge in [0.15, 0.2) is 0 Å². The van der Waals surface area contributed by atoms with Crippen molar-refractivity contribution < 1.29 is 9.53 Å². The average molecular weight is 234 g/mol. The van der Waals surface area contributed by atoms with Crippen molar-refractivity contribution in [1.29, 1.82) is 0 Å². The normalized spacial score (nSPS) is 43.5. The Kier molecular flexibility index (Phi) is 2.24. The van der Waals surface area contributed by atoms with Crippen LogP contribution in [0.15, 0.2) is 11.6 Å². The monoisotopic (exact) mass is 234 g/mol. The standard InChI is InChI=1S/C15H22O2/c1-10-4-5-12-11(8-10)9-15(14(12,2)3)6-7-17-13(15)16/h8,11-12H,4-7,9H2,1-3H3/t11-,12-,15-/m1/s1. The minimum absolute atomic E-state index is 0.0722. The van der Waals surface area contributed by atoms with Crippen LogP contribution in [0.4, 0.5) is 0 Å². The Balaban J connectivity index is 2.02. The van der Waals surface area contributed by atoms with Gasteiger partial charge in [-0.05, 0) is 49.9 Å². The van der Waals surface area contributed by atoms with Gasteiger partial charge in [-0.25, -0.2) is 0 Å². The molecule has 1 heterocycles. The lowest BCUT2D eigenvalue weighted by atomic mass is 9.62. The van der Waals surface area contributed by atoms with E-state index in [-0.39, 0.29) is 16.8 Å². The number of cyclic esters (lactones) is 1. The molecule has 1 aliphatic heterocycles. The van der Waals surface area contributed by atoms with Crippen LogP contribution in [0.5, 0.6) is 0 Å². The second kappa shape index (κ2) is 3.37. The van der Waals surface area contributed by atoms with Gasteiger partial charge in [-0.1, -0.05) is 25.5 Å². The fourth-order valence-electron chi connectivity index (χ4n) is 4.61. The fourth-order valence-corrected chi connectivity index (χ4v) is 4.61. The van der Waals surface area contributed by atoms with Gasteiger partial charge in [0, 0.05) is 0 Å². The maximum absolute atomic E-state index is 12.2. The van der Waals surface area contributed by atoms with Crippen LogP contribution in [-0.2, 0) is 9.53 Å². The molecule has 2 aliphatic carbocycles. The summed E-state index contributed by atoms with van der Waals surface area (Å²) in [6, 6.07) is 0. The molecule has 0 aromatic rings. The highest BCUT2D eigenvalue weighted by Gasteiger charge is 2.64. The zero-order chi connectivity index (χ0) is 12.3. The smallest absolute Gasteiger partial charge is 0.312 e. The summed E-state index contributed by atoms with van der Waals surface area (Å²) in [5, 5.41) is 0. The highest BCUT2D eigenvalue weighted by atomic mass is 16.5. The van der Waals surface area contributed by atoms with Crippen LogP contribution in [0.25, 0.3) is 0 Å². The van der Waals surface area contributed by atoms with Crippen LogP contribution >= 0.6 is 0 Å². The molecule has 3 aliphatic rings. The van der Waals surface area contributed by atoms with Crippen LogP contribution in [0.3, 0.4) is 0 Å². The summed E-state index contributed by atoms with van der Waals surface area (Å²) in [4.78, 5) is 12.2. The van der Waals surface area contributed by atoms with Crippen LogP contribution in [-0.4, -0.2) is 12.6 Å². The van der Waals surface area contributed by atoms with Crippen LogP contribution in [0, 0.1) is 22.7 Å². The van der Waals surface area contributed by atoms with E-state index in [0.717, 1.165) is 12.8 Å². The van der Waals surface area contributed by atoms with Gasteiger partial charge >= 0.3 is 5.97 Å². The summed E-state index contributed by atoms with van der Waals surface area (Å²) in [7, 11) is 0. The van der Waals surface area contributed by atoms with E-state index in [0.29, 0.717) is 18.4 Å². The Morgan fingerprint density at radius 2 is 2.18 bits per heavy atom. The lowest BCUT2D eigenvalue weighted by Crippen LogP contribution is -2.40. The number of carbonyl (C=O) groups excluding carboxylic acids is 1. The van der Waals surface area contributed by atoms with E-state index < -0.39 is 0 Å². The maximum atomic E-state index is 12.2. The third kappa shape index (κ3) is 1.30. The van der Waals surface area contributed by atoms with Gasteiger partial charge in [-0.3, -0.25) is 4.79 Å². The molecule has 0 amide bonds. The van der Waals surface area contributed by atoms with E-state index in [2.05, 4.69) is 26.8 Å². The Hall–Kier alpha value is -0.790. The SMILES string of the molecule is CC1=C[C@@H]2C[C@@]3(CCOC3=O)C(C)(C)[C@@H]2CC1.